The summed E-state index contributed by atoms with van der Waals surface area (Å²) in [6.45, 7) is -0.0989. The van der Waals surface area contributed by atoms with E-state index in [0.717, 1.165) is 4.47 Å². The molecule has 0 spiro atoms. The number of anilines is 2. The molecule has 0 atom stereocenters. The Labute approximate surface area is 131 Å². The van der Waals surface area contributed by atoms with Gasteiger partial charge in [-0.25, -0.2) is 0 Å². The molecule has 0 unspecified atom stereocenters. The number of ether oxygens (including phenoxy) is 2. The largest absolute Gasteiger partial charge is 0.497 e. The molecule has 0 aliphatic rings. The van der Waals surface area contributed by atoms with E-state index in [1.807, 2.05) is 0 Å². The Bertz CT molecular complexity index is 647. The summed E-state index contributed by atoms with van der Waals surface area (Å²) in [6, 6.07) is 12.2. The molecule has 0 bridgehead atoms. The molecule has 0 heterocycles. The van der Waals surface area contributed by atoms with Crippen molar-refractivity contribution in [2.45, 2.75) is 0 Å². The molecule has 3 N–H and O–H groups in total. The van der Waals surface area contributed by atoms with Crippen LogP contribution in [0.3, 0.4) is 0 Å². The van der Waals surface area contributed by atoms with E-state index in [2.05, 4.69) is 21.2 Å². The molecule has 2 aromatic carbocycles. The summed E-state index contributed by atoms with van der Waals surface area (Å²) < 4.78 is 11.3. The standard InChI is InChI=1S/C15H15BrN2O3/c1-20-14-6-10(16)5-12(8-14)18-15(19)9-21-13-4-2-3-11(17)7-13/h2-8H,9,17H2,1H3,(H,18,19). The maximum atomic E-state index is 11.9. The number of hydrogen-bond donors (Lipinski definition) is 2. The maximum absolute atomic E-state index is 11.9. The minimum Gasteiger partial charge on any atom is -0.497 e. The summed E-state index contributed by atoms with van der Waals surface area (Å²) in [7, 11) is 1.57. The van der Waals surface area contributed by atoms with E-state index >= 15 is 0 Å². The van der Waals surface area contributed by atoms with Crippen LogP contribution >= 0.6 is 15.9 Å². The first-order valence-electron chi connectivity index (χ1n) is 6.19. The molecule has 1 amide bonds. The third-order valence-corrected chi connectivity index (χ3v) is 3.08. The molecular formula is C15H15BrN2O3. The van der Waals surface area contributed by atoms with E-state index < -0.39 is 0 Å². The normalized spacial score (nSPS) is 10.0. The van der Waals surface area contributed by atoms with Gasteiger partial charge in [0.15, 0.2) is 6.61 Å². The number of carbonyl (C=O) groups is 1. The Morgan fingerprint density at radius 2 is 2.05 bits per heavy atom. The Morgan fingerprint density at radius 3 is 2.76 bits per heavy atom. The predicted molar refractivity (Wildman–Crippen MR) is 85.7 cm³/mol. The van der Waals surface area contributed by atoms with Crippen molar-refractivity contribution in [1.29, 1.82) is 0 Å². The summed E-state index contributed by atoms with van der Waals surface area (Å²) >= 11 is 3.35. The molecule has 0 saturated heterocycles. The number of benzene rings is 2. The molecule has 110 valence electrons. The van der Waals surface area contributed by atoms with Gasteiger partial charge in [-0.05, 0) is 24.3 Å². The topological polar surface area (TPSA) is 73.6 Å². The number of amides is 1. The van der Waals surface area contributed by atoms with Crippen LogP contribution in [0.4, 0.5) is 11.4 Å². The average molecular weight is 351 g/mol. The van der Waals surface area contributed by atoms with Crippen molar-refractivity contribution < 1.29 is 14.3 Å². The monoisotopic (exact) mass is 350 g/mol. The highest BCUT2D eigenvalue weighted by molar-refractivity contribution is 9.10. The second-order valence-electron chi connectivity index (χ2n) is 4.29. The number of nitrogens with two attached hydrogens (primary N) is 1. The Kier molecular flexibility index (Phi) is 5.05. The van der Waals surface area contributed by atoms with Crippen molar-refractivity contribution in [1.82, 2.24) is 0 Å². The first-order chi connectivity index (χ1) is 10.1. The van der Waals surface area contributed by atoms with Crippen LogP contribution < -0.4 is 20.5 Å². The zero-order chi connectivity index (χ0) is 15.2. The van der Waals surface area contributed by atoms with Gasteiger partial charge in [-0.15, -0.1) is 0 Å². The van der Waals surface area contributed by atoms with Crippen molar-refractivity contribution in [2.75, 3.05) is 24.8 Å². The zero-order valence-corrected chi connectivity index (χ0v) is 13.0. The molecule has 6 heteroatoms. The summed E-state index contributed by atoms with van der Waals surface area (Å²) in [6.07, 6.45) is 0. The SMILES string of the molecule is COc1cc(Br)cc(NC(=O)COc2cccc(N)c2)c1. The average Bonchev–Trinajstić information content (AvgIpc) is 2.44. The van der Waals surface area contributed by atoms with E-state index in [0.29, 0.717) is 22.9 Å². The van der Waals surface area contributed by atoms with Crippen molar-refractivity contribution in [3.05, 3.63) is 46.9 Å². The smallest absolute Gasteiger partial charge is 0.262 e. The summed E-state index contributed by atoms with van der Waals surface area (Å²) in [4.78, 5) is 11.9. The molecule has 0 fully saturated rings. The third kappa shape index (κ3) is 4.68. The highest BCUT2D eigenvalue weighted by atomic mass is 79.9. The lowest BCUT2D eigenvalue weighted by molar-refractivity contribution is -0.118. The number of methoxy groups -OCH3 is 1. The lowest BCUT2D eigenvalue weighted by atomic mass is 10.3. The Hall–Kier alpha value is -2.21. The van der Waals surface area contributed by atoms with Crippen molar-refractivity contribution in [3.8, 4) is 11.5 Å². The fourth-order valence-electron chi connectivity index (χ4n) is 1.70. The third-order valence-electron chi connectivity index (χ3n) is 2.62. The Balaban J connectivity index is 1.94. The lowest BCUT2D eigenvalue weighted by Crippen LogP contribution is -2.20. The van der Waals surface area contributed by atoms with Crippen molar-refractivity contribution in [2.24, 2.45) is 0 Å². The first-order valence-corrected chi connectivity index (χ1v) is 6.99. The van der Waals surface area contributed by atoms with E-state index in [4.69, 9.17) is 15.2 Å². The summed E-state index contributed by atoms with van der Waals surface area (Å²) in [5, 5.41) is 2.74. The number of nitrogens with one attached hydrogen (secondary N) is 1. The molecule has 0 aromatic heterocycles. The molecule has 21 heavy (non-hydrogen) atoms. The minimum atomic E-state index is -0.266. The zero-order valence-electron chi connectivity index (χ0n) is 11.4. The fraction of sp³-hybridized carbons (Fsp3) is 0.133. The molecule has 0 radical (unpaired) electrons. The van der Waals surface area contributed by atoms with E-state index in [-0.39, 0.29) is 12.5 Å². The van der Waals surface area contributed by atoms with Gasteiger partial charge in [-0.3, -0.25) is 4.79 Å². The highest BCUT2D eigenvalue weighted by Gasteiger charge is 2.06. The van der Waals surface area contributed by atoms with Gasteiger partial charge >= 0.3 is 0 Å². The van der Waals surface area contributed by atoms with Gasteiger partial charge < -0.3 is 20.5 Å². The summed E-state index contributed by atoms with van der Waals surface area (Å²) in [5.41, 5.74) is 6.85. The van der Waals surface area contributed by atoms with Gasteiger partial charge in [0, 0.05) is 28.0 Å². The second-order valence-corrected chi connectivity index (χ2v) is 5.20. The van der Waals surface area contributed by atoms with Crippen LogP contribution in [0, 0.1) is 0 Å². The van der Waals surface area contributed by atoms with Crippen LogP contribution in [0.2, 0.25) is 0 Å². The molecule has 2 rings (SSSR count). The summed E-state index contributed by atoms with van der Waals surface area (Å²) in [5.74, 6) is 0.936. The van der Waals surface area contributed by atoms with Gasteiger partial charge in [0.25, 0.3) is 5.91 Å². The number of hydrogen-bond acceptors (Lipinski definition) is 4. The van der Waals surface area contributed by atoms with Crippen LogP contribution in [0.15, 0.2) is 46.9 Å². The number of carbonyl (C=O) groups excluding carboxylic acids is 1. The lowest BCUT2D eigenvalue weighted by Gasteiger charge is -2.09. The van der Waals surface area contributed by atoms with Gasteiger partial charge in [-0.2, -0.15) is 0 Å². The van der Waals surface area contributed by atoms with Crippen LogP contribution in [0.5, 0.6) is 11.5 Å². The van der Waals surface area contributed by atoms with Gasteiger partial charge in [0.05, 0.1) is 7.11 Å². The maximum Gasteiger partial charge on any atom is 0.262 e. The van der Waals surface area contributed by atoms with E-state index in [9.17, 15) is 4.79 Å². The van der Waals surface area contributed by atoms with E-state index in [1.54, 1.807) is 49.6 Å². The van der Waals surface area contributed by atoms with Crippen LogP contribution in [-0.2, 0) is 4.79 Å². The molecule has 0 aliphatic heterocycles. The second kappa shape index (κ2) is 6.99. The quantitative estimate of drug-likeness (QED) is 0.812. The van der Waals surface area contributed by atoms with E-state index in [1.165, 1.54) is 0 Å². The van der Waals surface area contributed by atoms with Crippen molar-refractivity contribution >= 4 is 33.2 Å². The van der Waals surface area contributed by atoms with Gasteiger partial charge in [0.1, 0.15) is 11.5 Å². The molecule has 2 aromatic rings. The fourth-order valence-corrected chi connectivity index (χ4v) is 2.18. The minimum absolute atomic E-state index is 0.0989. The first kappa shape index (κ1) is 15.2. The van der Waals surface area contributed by atoms with Crippen LogP contribution in [0.25, 0.3) is 0 Å². The van der Waals surface area contributed by atoms with Crippen LogP contribution in [-0.4, -0.2) is 19.6 Å². The Morgan fingerprint density at radius 1 is 1.24 bits per heavy atom. The molecule has 5 nitrogen and oxygen atoms in total. The molecule has 0 saturated carbocycles. The van der Waals surface area contributed by atoms with Crippen LogP contribution in [0.1, 0.15) is 0 Å². The number of nitrogen functional groups attached to an aromatic ring is 1. The predicted octanol–water partition coefficient (Wildman–Crippen LogP) is 3.06. The number of halogens is 1. The molecule has 0 aliphatic carbocycles. The highest BCUT2D eigenvalue weighted by Crippen LogP contribution is 2.24. The van der Waals surface area contributed by atoms with Gasteiger partial charge in [0.2, 0.25) is 0 Å². The van der Waals surface area contributed by atoms with Crippen molar-refractivity contribution in [3.63, 3.8) is 0 Å². The van der Waals surface area contributed by atoms with Gasteiger partial charge in [-0.1, -0.05) is 22.0 Å². The molecular weight excluding hydrogens is 336 g/mol. The number of rotatable bonds is 5.